The molecule has 1 aliphatic carbocycles. The number of rotatable bonds is 8. The van der Waals surface area contributed by atoms with E-state index in [4.69, 9.17) is 9.47 Å². The van der Waals surface area contributed by atoms with Gasteiger partial charge in [0.2, 0.25) is 0 Å². The molecule has 0 heterocycles. The molecule has 0 bridgehead atoms. The summed E-state index contributed by atoms with van der Waals surface area (Å²) >= 11 is 0. The fourth-order valence-corrected chi connectivity index (χ4v) is 1.71. The molecule has 0 unspecified atom stereocenters. The van der Waals surface area contributed by atoms with Crippen molar-refractivity contribution in [2.24, 2.45) is 5.92 Å². The molecule has 0 aliphatic heterocycles. The Hall–Kier alpha value is -1.13. The van der Waals surface area contributed by atoms with Gasteiger partial charge in [-0.05, 0) is 36.5 Å². The van der Waals surface area contributed by atoms with E-state index in [0.29, 0.717) is 31.4 Å². The molecular formula is C14H20FNO2. The number of hydrogen-bond donors (Lipinski definition) is 1. The summed E-state index contributed by atoms with van der Waals surface area (Å²) in [7, 11) is 1.66. The molecule has 4 heteroatoms. The quantitative estimate of drug-likeness (QED) is 0.721. The van der Waals surface area contributed by atoms with Gasteiger partial charge in [0, 0.05) is 26.3 Å². The second-order valence-corrected chi connectivity index (χ2v) is 4.72. The lowest BCUT2D eigenvalue weighted by atomic mass is 10.2. The van der Waals surface area contributed by atoms with Gasteiger partial charge in [0.05, 0.1) is 13.2 Å². The molecule has 1 aromatic carbocycles. The summed E-state index contributed by atoms with van der Waals surface area (Å²) < 4.78 is 23.9. The third-order valence-electron chi connectivity index (χ3n) is 2.93. The minimum absolute atomic E-state index is 0.244. The molecule has 100 valence electrons. The van der Waals surface area contributed by atoms with Crippen LogP contribution in [-0.4, -0.2) is 26.9 Å². The van der Waals surface area contributed by atoms with Gasteiger partial charge in [-0.25, -0.2) is 4.39 Å². The largest absolute Gasteiger partial charge is 0.493 e. The summed E-state index contributed by atoms with van der Waals surface area (Å²) in [6.07, 6.45) is 2.47. The van der Waals surface area contributed by atoms with E-state index < -0.39 is 0 Å². The molecular weight excluding hydrogens is 233 g/mol. The summed E-state index contributed by atoms with van der Waals surface area (Å²) in [5, 5.41) is 3.19. The predicted molar refractivity (Wildman–Crippen MR) is 68.2 cm³/mol. The number of methoxy groups -OCH3 is 1. The van der Waals surface area contributed by atoms with Gasteiger partial charge in [0.15, 0.2) is 0 Å². The van der Waals surface area contributed by atoms with Gasteiger partial charge >= 0.3 is 0 Å². The normalized spacial score (nSPS) is 14.8. The fraction of sp³-hybridized carbons (Fsp3) is 0.571. The summed E-state index contributed by atoms with van der Waals surface area (Å²) in [5.41, 5.74) is 0.900. The number of hydrogen-bond acceptors (Lipinski definition) is 3. The van der Waals surface area contributed by atoms with Gasteiger partial charge in [-0.1, -0.05) is 0 Å². The van der Waals surface area contributed by atoms with E-state index in [9.17, 15) is 4.39 Å². The first-order valence-corrected chi connectivity index (χ1v) is 6.40. The number of benzene rings is 1. The van der Waals surface area contributed by atoms with Crippen molar-refractivity contribution in [1.82, 2.24) is 5.32 Å². The Kier molecular flexibility index (Phi) is 4.96. The molecule has 0 atom stereocenters. The maximum absolute atomic E-state index is 13.4. The zero-order valence-electron chi connectivity index (χ0n) is 10.7. The van der Waals surface area contributed by atoms with Crippen LogP contribution >= 0.6 is 0 Å². The van der Waals surface area contributed by atoms with E-state index in [2.05, 4.69) is 5.32 Å². The SMILES string of the molecule is COCCNCc1cc(F)cc(OCC2CC2)c1. The number of halogens is 1. The zero-order chi connectivity index (χ0) is 12.8. The first-order chi connectivity index (χ1) is 8.78. The Bertz CT molecular complexity index is 380. The average molecular weight is 253 g/mol. The summed E-state index contributed by atoms with van der Waals surface area (Å²) in [6.45, 7) is 2.74. The van der Waals surface area contributed by atoms with Crippen molar-refractivity contribution in [3.05, 3.63) is 29.6 Å². The van der Waals surface area contributed by atoms with Gasteiger partial charge in [-0.15, -0.1) is 0 Å². The fourth-order valence-electron chi connectivity index (χ4n) is 1.71. The summed E-state index contributed by atoms with van der Waals surface area (Å²) in [5.74, 6) is 1.06. The van der Waals surface area contributed by atoms with Crippen molar-refractivity contribution < 1.29 is 13.9 Å². The van der Waals surface area contributed by atoms with Crippen molar-refractivity contribution in [3.63, 3.8) is 0 Å². The van der Waals surface area contributed by atoms with Gasteiger partial charge in [-0.3, -0.25) is 0 Å². The van der Waals surface area contributed by atoms with Gasteiger partial charge < -0.3 is 14.8 Å². The Morgan fingerprint density at radius 2 is 2.17 bits per heavy atom. The molecule has 0 saturated heterocycles. The van der Waals surface area contributed by atoms with Crippen LogP contribution in [0, 0.1) is 11.7 Å². The molecule has 2 rings (SSSR count). The number of nitrogens with one attached hydrogen (secondary N) is 1. The van der Waals surface area contributed by atoms with Crippen LogP contribution in [-0.2, 0) is 11.3 Å². The molecule has 1 aliphatic rings. The molecule has 1 saturated carbocycles. The number of ether oxygens (including phenoxy) is 2. The summed E-state index contributed by atoms with van der Waals surface area (Å²) in [6, 6.07) is 4.87. The van der Waals surface area contributed by atoms with Crippen LogP contribution in [0.15, 0.2) is 18.2 Å². The monoisotopic (exact) mass is 253 g/mol. The lowest BCUT2D eigenvalue weighted by Gasteiger charge is -2.09. The molecule has 1 N–H and O–H groups in total. The highest BCUT2D eigenvalue weighted by Crippen LogP contribution is 2.29. The van der Waals surface area contributed by atoms with Crippen LogP contribution in [0.4, 0.5) is 4.39 Å². The summed E-state index contributed by atoms with van der Waals surface area (Å²) in [4.78, 5) is 0. The average Bonchev–Trinajstić information content (AvgIpc) is 3.16. The highest BCUT2D eigenvalue weighted by Gasteiger charge is 2.21. The van der Waals surface area contributed by atoms with Crippen molar-refractivity contribution in [2.75, 3.05) is 26.9 Å². The van der Waals surface area contributed by atoms with E-state index >= 15 is 0 Å². The highest BCUT2D eigenvalue weighted by atomic mass is 19.1. The Balaban J connectivity index is 1.84. The molecule has 0 amide bonds. The van der Waals surface area contributed by atoms with Gasteiger partial charge in [-0.2, -0.15) is 0 Å². The Morgan fingerprint density at radius 1 is 1.33 bits per heavy atom. The van der Waals surface area contributed by atoms with Crippen LogP contribution in [0.25, 0.3) is 0 Å². The first kappa shape index (κ1) is 13.3. The lowest BCUT2D eigenvalue weighted by Crippen LogP contribution is -2.18. The van der Waals surface area contributed by atoms with Crippen LogP contribution in [0.3, 0.4) is 0 Å². The maximum atomic E-state index is 13.4. The molecule has 0 aromatic heterocycles. The molecule has 1 aromatic rings. The van der Waals surface area contributed by atoms with E-state index in [1.807, 2.05) is 6.07 Å². The molecule has 0 spiro atoms. The molecule has 18 heavy (non-hydrogen) atoms. The molecule has 0 radical (unpaired) electrons. The minimum atomic E-state index is -0.244. The standard InChI is InChI=1S/C14H20FNO2/c1-17-5-4-16-9-12-6-13(15)8-14(7-12)18-10-11-2-3-11/h6-8,11,16H,2-5,9-10H2,1H3. The lowest BCUT2D eigenvalue weighted by molar-refractivity contribution is 0.199. The van der Waals surface area contributed by atoms with E-state index in [0.717, 1.165) is 12.1 Å². The first-order valence-electron chi connectivity index (χ1n) is 6.40. The van der Waals surface area contributed by atoms with Crippen LogP contribution in [0.5, 0.6) is 5.75 Å². The van der Waals surface area contributed by atoms with Crippen molar-refractivity contribution in [3.8, 4) is 5.75 Å². The van der Waals surface area contributed by atoms with Crippen LogP contribution < -0.4 is 10.1 Å². The third kappa shape index (κ3) is 4.63. The third-order valence-corrected chi connectivity index (χ3v) is 2.93. The zero-order valence-corrected chi connectivity index (χ0v) is 10.7. The van der Waals surface area contributed by atoms with Gasteiger partial charge in [0.25, 0.3) is 0 Å². The van der Waals surface area contributed by atoms with Crippen LogP contribution in [0.1, 0.15) is 18.4 Å². The minimum Gasteiger partial charge on any atom is -0.493 e. The van der Waals surface area contributed by atoms with E-state index in [1.54, 1.807) is 7.11 Å². The molecule has 3 nitrogen and oxygen atoms in total. The van der Waals surface area contributed by atoms with Crippen LogP contribution in [0.2, 0.25) is 0 Å². The Morgan fingerprint density at radius 3 is 2.89 bits per heavy atom. The van der Waals surface area contributed by atoms with Crippen molar-refractivity contribution >= 4 is 0 Å². The predicted octanol–water partition coefficient (Wildman–Crippen LogP) is 2.35. The smallest absolute Gasteiger partial charge is 0.127 e. The second kappa shape index (κ2) is 6.71. The van der Waals surface area contributed by atoms with Crippen molar-refractivity contribution in [1.29, 1.82) is 0 Å². The van der Waals surface area contributed by atoms with Crippen molar-refractivity contribution in [2.45, 2.75) is 19.4 Å². The Labute approximate surface area is 107 Å². The van der Waals surface area contributed by atoms with E-state index in [1.165, 1.54) is 25.0 Å². The topological polar surface area (TPSA) is 30.5 Å². The van der Waals surface area contributed by atoms with Gasteiger partial charge in [0.1, 0.15) is 11.6 Å². The highest BCUT2D eigenvalue weighted by molar-refractivity contribution is 5.29. The van der Waals surface area contributed by atoms with E-state index in [-0.39, 0.29) is 5.82 Å². The second-order valence-electron chi connectivity index (χ2n) is 4.72. The molecule has 1 fully saturated rings. The maximum Gasteiger partial charge on any atom is 0.127 e.